The van der Waals surface area contributed by atoms with Crippen LogP contribution in [0.3, 0.4) is 0 Å². The van der Waals surface area contributed by atoms with Crippen LogP contribution in [-0.4, -0.2) is 33.0 Å². The van der Waals surface area contributed by atoms with Crippen LogP contribution in [0.1, 0.15) is 46.5 Å². The zero-order valence-electron chi connectivity index (χ0n) is 11.8. The van der Waals surface area contributed by atoms with Crippen molar-refractivity contribution in [2.75, 3.05) is 18.6 Å². The lowest BCUT2D eigenvalue weighted by atomic mass is 9.94. The monoisotopic (exact) mass is 276 g/mol. The molecule has 1 aliphatic carbocycles. The molecular weight excluding hydrogens is 252 g/mol. The molecule has 1 rings (SSSR count). The van der Waals surface area contributed by atoms with Crippen LogP contribution < -0.4 is 0 Å². The SMILES string of the molecule is COC(=O)CC1(CS(=O)(=O)CCC(C)(C)C)CC1. The summed E-state index contributed by atoms with van der Waals surface area (Å²) in [4.78, 5) is 11.3. The molecule has 0 aromatic rings. The lowest BCUT2D eigenvalue weighted by molar-refractivity contribution is -0.141. The first kappa shape index (κ1) is 15.5. The van der Waals surface area contributed by atoms with Crippen LogP contribution in [0.5, 0.6) is 0 Å². The van der Waals surface area contributed by atoms with Gasteiger partial charge in [-0.25, -0.2) is 8.42 Å². The zero-order chi connectivity index (χ0) is 14.0. The second-order valence-electron chi connectivity index (χ2n) is 6.66. The molecule has 0 atom stereocenters. The first-order chi connectivity index (χ1) is 8.08. The molecule has 1 fully saturated rings. The minimum atomic E-state index is -3.07. The Balaban J connectivity index is 2.53. The molecule has 0 saturated heterocycles. The van der Waals surface area contributed by atoms with Gasteiger partial charge in [-0.3, -0.25) is 4.79 Å². The van der Waals surface area contributed by atoms with Crippen LogP contribution in [0.2, 0.25) is 0 Å². The van der Waals surface area contributed by atoms with E-state index in [0.717, 1.165) is 12.8 Å². The Morgan fingerprint density at radius 3 is 2.22 bits per heavy atom. The predicted molar refractivity (Wildman–Crippen MR) is 71.0 cm³/mol. The van der Waals surface area contributed by atoms with Crippen molar-refractivity contribution in [3.05, 3.63) is 0 Å². The van der Waals surface area contributed by atoms with E-state index in [1.807, 2.05) is 20.8 Å². The topological polar surface area (TPSA) is 60.4 Å². The smallest absolute Gasteiger partial charge is 0.306 e. The predicted octanol–water partition coefficient (Wildman–Crippen LogP) is 2.18. The van der Waals surface area contributed by atoms with Gasteiger partial charge in [0.05, 0.1) is 25.0 Å². The summed E-state index contributed by atoms with van der Waals surface area (Å²) in [7, 11) is -1.73. The van der Waals surface area contributed by atoms with Gasteiger partial charge in [0.2, 0.25) is 0 Å². The number of methoxy groups -OCH3 is 1. The van der Waals surface area contributed by atoms with Gasteiger partial charge < -0.3 is 4.74 Å². The van der Waals surface area contributed by atoms with Gasteiger partial charge in [-0.2, -0.15) is 0 Å². The van der Waals surface area contributed by atoms with Crippen molar-refractivity contribution in [1.82, 2.24) is 0 Å². The van der Waals surface area contributed by atoms with Crippen molar-refractivity contribution in [2.45, 2.75) is 46.5 Å². The molecule has 0 spiro atoms. The van der Waals surface area contributed by atoms with Gasteiger partial charge in [0.1, 0.15) is 0 Å². The number of carbonyl (C=O) groups excluding carboxylic acids is 1. The fourth-order valence-corrected chi connectivity index (χ4v) is 4.32. The lowest BCUT2D eigenvalue weighted by Gasteiger charge is -2.19. The maximum absolute atomic E-state index is 12.1. The average Bonchev–Trinajstić information content (AvgIpc) is 2.93. The summed E-state index contributed by atoms with van der Waals surface area (Å²) in [5, 5.41) is 0. The summed E-state index contributed by atoms with van der Waals surface area (Å²) in [5.74, 6) is 0.0310. The van der Waals surface area contributed by atoms with Crippen molar-refractivity contribution in [3.8, 4) is 0 Å². The van der Waals surface area contributed by atoms with Crippen LogP contribution in [0, 0.1) is 10.8 Å². The number of rotatable bonds is 6. The van der Waals surface area contributed by atoms with Gasteiger partial charge in [0, 0.05) is 0 Å². The van der Waals surface area contributed by atoms with E-state index in [1.54, 1.807) is 0 Å². The molecule has 0 amide bonds. The molecule has 0 unspecified atom stereocenters. The van der Waals surface area contributed by atoms with Crippen molar-refractivity contribution in [3.63, 3.8) is 0 Å². The molecule has 0 radical (unpaired) electrons. The van der Waals surface area contributed by atoms with Gasteiger partial charge in [-0.05, 0) is 30.1 Å². The highest BCUT2D eigenvalue weighted by Gasteiger charge is 2.47. The normalized spacial score (nSPS) is 18.4. The molecule has 106 valence electrons. The fourth-order valence-electron chi connectivity index (χ4n) is 1.93. The second-order valence-corrected chi connectivity index (χ2v) is 8.84. The third-order valence-electron chi connectivity index (χ3n) is 3.39. The van der Waals surface area contributed by atoms with Crippen LogP contribution in [0.4, 0.5) is 0 Å². The minimum Gasteiger partial charge on any atom is -0.469 e. The number of hydrogen-bond donors (Lipinski definition) is 0. The van der Waals surface area contributed by atoms with E-state index in [-0.39, 0.29) is 34.7 Å². The molecule has 0 bridgehead atoms. The highest BCUT2D eigenvalue weighted by atomic mass is 32.2. The standard InChI is InChI=1S/C13H24O4S/c1-12(2,3)7-8-18(15,16)10-13(5-6-13)9-11(14)17-4/h5-10H2,1-4H3. The Morgan fingerprint density at radius 1 is 1.28 bits per heavy atom. The summed E-state index contributed by atoms with van der Waals surface area (Å²) < 4.78 is 28.7. The van der Waals surface area contributed by atoms with Crippen LogP contribution >= 0.6 is 0 Å². The van der Waals surface area contributed by atoms with E-state index in [9.17, 15) is 13.2 Å². The van der Waals surface area contributed by atoms with Gasteiger partial charge in [-0.15, -0.1) is 0 Å². The van der Waals surface area contributed by atoms with Gasteiger partial charge in [0.25, 0.3) is 0 Å². The minimum absolute atomic E-state index is 0.0200. The second kappa shape index (κ2) is 5.19. The quantitative estimate of drug-likeness (QED) is 0.698. The first-order valence-electron chi connectivity index (χ1n) is 6.35. The summed E-state index contributed by atoms with van der Waals surface area (Å²) in [6, 6.07) is 0. The molecule has 5 heteroatoms. The number of ether oxygens (including phenoxy) is 1. The van der Waals surface area contributed by atoms with E-state index in [0.29, 0.717) is 6.42 Å². The van der Waals surface area contributed by atoms with E-state index < -0.39 is 9.84 Å². The van der Waals surface area contributed by atoms with E-state index >= 15 is 0 Å². The molecule has 0 aromatic carbocycles. The Kier molecular flexibility index (Phi) is 4.47. The van der Waals surface area contributed by atoms with E-state index in [1.165, 1.54) is 7.11 Å². The highest BCUT2D eigenvalue weighted by molar-refractivity contribution is 7.91. The molecule has 1 saturated carbocycles. The van der Waals surface area contributed by atoms with Crippen molar-refractivity contribution in [1.29, 1.82) is 0 Å². The van der Waals surface area contributed by atoms with Crippen LogP contribution in [0.25, 0.3) is 0 Å². The van der Waals surface area contributed by atoms with Gasteiger partial charge in [0.15, 0.2) is 9.84 Å². The Labute approximate surface area is 110 Å². The summed E-state index contributed by atoms with van der Waals surface area (Å²) in [5.41, 5.74) is -0.310. The fraction of sp³-hybridized carbons (Fsp3) is 0.923. The Bertz CT molecular complexity index is 399. The molecule has 0 heterocycles. The zero-order valence-corrected chi connectivity index (χ0v) is 12.6. The number of sulfone groups is 1. The number of esters is 1. The van der Waals surface area contributed by atoms with Gasteiger partial charge >= 0.3 is 5.97 Å². The molecule has 0 aliphatic heterocycles. The summed E-state index contributed by atoms with van der Waals surface area (Å²) >= 11 is 0. The molecule has 0 N–H and O–H groups in total. The largest absolute Gasteiger partial charge is 0.469 e. The Morgan fingerprint density at radius 2 is 1.83 bits per heavy atom. The highest BCUT2D eigenvalue weighted by Crippen LogP contribution is 2.50. The average molecular weight is 276 g/mol. The van der Waals surface area contributed by atoms with Gasteiger partial charge in [-0.1, -0.05) is 20.8 Å². The Hall–Kier alpha value is -0.580. The van der Waals surface area contributed by atoms with E-state index in [4.69, 9.17) is 0 Å². The maximum Gasteiger partial charge on any atom is 0.306 e. The number of hydrogen-bond acceptors (Lipinski definition) is 4. The van der Waals surface area contributed by atoms with Crippen molar-refractivity contribution in [2.24, 2.45) is 10.8 Å². The summed E-state index contributed by atoms with van der Waals surface area (Å²) in [6.07, 6.45) is 2.52. The third kappa shape index (κ3) is 5.38. The third-order valence-corrected chi connectivity index (χ3v) is 5.27. The molecule has 18 heavy (non-hydrogen) atoms. The molecular formula is C13H24O4S. The lowest BCUT2D eigenvalue weighted by Crippen LogP contribution is -2.25. The summed E-state index contributed by atoms with van der Waals surface area (Å²) in [6.45, 7) is 6.09. The van der Waals surface area contributed by atoms with Crippen molar-refractivity contribution < 1.29 is 17.9 Å². The maximum atomic E-state index is 12.1. The molecule has 0 aromatic heterocycles. The van der Waals surface area contributed by atoms with Crippen molar-refractivity contribution >= 4 is 15.8 Å². The van der Waals surface area contributed by atoms with E-state index in [2.05, 4.69) is 4.74 Å². The first-order valence-corrected chi connectivity index (χ1v) is 8.17. The van der Waals surface area contributed by atoms with Crippen LogP contribution in [0.15, 0.2) is 0 Å². The molecule has 1 aliphatic rings. The number of carbonyl (C=O) groups is 1. The molecule has 4 nitrogen and oxygen atoms in total. The van der Waals surface area contributed by atoms with Crippen LogP contribution in [-0.2, 0) is 19.4 Å².